The molecule has 0 bridgehead atoms. The van der Waals surface area contributed by atoms with Crippen molar-refractivity contribution in [2.24, 2.45) is 5.41 Å². The third kappa shape index (κ3) is 4.32. The summed E-state index contributed by atoms with van der Waals surface area (Å²) in [6, 6.07) is 15.2. The zero-order chi connectivity index (χ0) is 23.8. The van der Waals surface area contributed by atoms with E-state index in [1.165, 1.54) is 0 Å². The van der Waals surface area contributed by atoms with Crippen LogP contribution in [0.5, 0.6) is 0 Å². The minimum absolute atomic E-state index is 0.0877. The fourth-order valence-corrected chi connectivity index (χ4v) is 4.66. The number of amides is 2. The second-order valence-electron chi connectivity index (χ2n) is 10.00. The van der Waals surface area contributed by atoms with Crippen molar-refractivity contribution in [3.8, 4) is 11.1 Å². The summed E-state index contributed by atoms with van der Waals surface area (Å²) >= 11 is 0. The number of hydrogen-bond acceptors (Lipinski definition) is 4. The number of carboxylic acids is 1. The Bertz CT molecular complexity index is 1040. The number of alkyl carbamates (subject to hydrolysis) is 1. The highest BCUT2D eigenvalue weighted by molar-refractivity contribution is 5.92. The van der Waals surface area contributed by atoms with E-state index in [4.69, 9.17) is 4.74 Å². The van der Waals surface area contributed by atoms with Crippen molar-refractivity contribution in [1.29, 1.82) is 0 Å². The number of rotatable bonds is 6. The average molecular weight is 451 g/mol. The first-order valence-corrected chi connectivity index (χ1v) is 11.3. The molecule has 7 heteroatoms. The van der Waals surface area contributed by atoms with Gasteiger partial charge in [0.05, 0.1) is 0 Å². The van der Waals surface area contributed by atoms with Gasteiger partial charge in [-0.1, -0.05) is 69.3 Å². The van der Waals surface area contributed by atoms with Crippen molar-refractivity contribution < 1.29 is 24.2 Å². The molecular weight excluding hydrogens is 420 g/mol. The topological polar surface area (TPSA) is 105 Å². The van der Waals surface area contributed by atoms with E-state index in [1.54, 1.807) is 0 Å². The smallest absolute Gasteiger partial charge is 0.407 e. The molecule has 4 rings (SSSR count). The Hall–Kier alpha value is -3.35. The highest BCUT2D eigenvalue weighted by atomic mass is 16.5. The van der Waals surface area contributed by atoms with Gasteiger partial charge in [0.15, 0.2) is 0 Å². The van der Waals surface area contributed by atoms with Crippen LogP contribution in [-0.4, -0.2) is 41.3 Å². The summed E-state index contributed by atoms with van der Waals surface area (Å²) in [5.74, 6) is -1.65. The molecule has 2 aromatic rings. The summed E-state index contributed by atoms with van der Waals surface area (Å²) in [5.41, 5.74) is 2.58. The molecular formula is C26H30N2O5. The molecule has 0 heterocycles. The Labute approximate surface area is 193 Å². The lowest BCUT2D eigenvalue weighted by Gasteiger charge is -2.40. The predicted molar refractivity (Wildman–Crippen MR) is 124 cm³/mol. The van der Waals surface area contributed by atoms with Gasteiger partial charge in [0.2, 0.25) is 5.91 Å². The molecule has 0 aromatic heterocycles. The number of fused-ring (bicyclic) bond motifs is 3. The Kier molecular flexibility index (Phi) is 5.91. The van der Waals surface area contributed by atoms with Crippen LogP contribution in [0.15, 0.2) is 48.5 Å². The van der Waals surface area contributed by atoms with Crippen LogP contribution >= 0.6 is 0 Å². The van der Waals surface area contributed by atoms with Gasteiger partial charge in [-0.3, -0.25) is 4.79 Å². The molecule has 2 aromatic carbocycles. The number of carbonyl (C=O) groups excluding carboxylic acids is 2. The van der Waals surface area contributed by atoms with Crippen LogP contribution in [0.1, 0.15) is 57.1 Å². The molecule has 0 aliphatic heterocycles. The fraction of sp³-hybridized carbons (Fsp3) is 0.423. The quantitative estimate of drug-likeness (QED) is 0.616. The third-order valence-electron chi connectivity index (χ3n) is 6.71. The molecule has 2 aliphatic carbocycles. The summed E-state index contributed by atoms with van der Waals surface area (Å²) < 4.78 is 5.59. The Balaban J connectivity index is 1.45. The van der Waals surface area contributed by atoms with Crippen LogP contribution in [0.4, 0.5) is 4.79 Å². The van der Waals surface area contributed by atoms with Crippen LogP contribution < -0.4 is 10.6 Å². The van der Waals surface area contributed by atoms with E-state index in [1.807, 2.05) is 57.2 Å². The Morgan fingerprint density at radius 1 is 1.03 bits per heavy atom. The van der Waals surface area contributed by atoms with Crippen molar-refractivity contribution in [3.05, 3.63) is 59.7 Å². The van der Waals surface area contributed by atoms with E-state index in [0.29, 0.717) is 12.8 Å². The van der Waals surface area contributed by atoms with Gasteiger partial charge >= 0.3 is 12.1 Å². The zero-order valence-corrected chi connectivity index (χ0v) is 19.2. The minimum atomic E-state index is -1.25. The van der Waals surface area contributed by atoms with E-state index < -0.39 is 35.0 Å². The van der Waals surface area contributed by atoms with Gasteiger partial charge in [0.25, 0.3) is 0 Å². The van der Waals surface area contributed by atoms with Crippen molar-refractivity contribution in [2.75, 3.05) is 6.61 Å². The number of carbonyl (C=O) groups is 3. The highest BCUT2D eigenvalue weighted by Crippen LogP contribution is 2.44. The number of carboxylic acid groups (broad SMARTS) is 1. The molecule has 0 saturated heterocycles. The first-order valence-electron chi connectivity index (χ1n) is 11.3. The first kappa shape index (κ1) is 22.8. The molecule has 0 radical (unpaired) electrons. The highest BCUT2D eigenvalue weighted by Gasteiger charge is 2.48. The third-order valence-corrected chi connectivity index (χ3v) is 6.71. The molecule has 2 aliphatic rings. The van der Waals surface area contributed by atoms with Gasteiger partial charge in [-0.25, -0.2) is 9.59 Å². The van der Waals surface area contributed by atoms with Crippen molar-refractivity contribution in [1.82, 2.24) is 10.6 Å². The van der Waals surface area contributed by atoms with Crippen LogP contribution in [0.25, 0.3) is 11.1 Å². The summed E-state index contributed by atoms with van der Waals surface area (Å²) in [4.78, 5) is 37.4. The molecule has 1 saturated carbocycles. The van der Waals surface area contributed by atoms with Crippen LogP contribution in [0.2, 0.25) is 0 Å². The zero-order valence-electron chi connectivity index (χ0n) is 19.2. The minimum Gasteiger partial charge on any atom is -0.480 e. The summed E-state index contributed by atoms with van der Waals surface area (Å²) in [6.07, 6.45) is 0.808. The van der Waals surface area contributed by atoms with Gasteiger partial charge in [-0.15, -0.1) is 0 Å². The monoisotopic (exact) mass is 450 g/mol. The largest absolute Gasteiger partial charge is 0.480 e. The maximum Gasteiger partial charge on any atom is 0.407 e. The lowest BCUT2D eigenvalue weighted by atomic mass is 9.76. The Morgan fingerprint density at radius 3 is 2.03 bits per heavy atom. The van der Waals surface area contributed by atoms with Crippen LogP contribution in [0, 0.1) is 5.41 Å². The molecule has 1 fully saturated rings. The van der Waals surface area contributed by atoms with Gasteiger partial charge in [-0.05, 0) is 46.9 Å². The molecule has 1 atom stereocenters. The first-order chi connectivity index (χ1) is 15.6. The van der Waals surface area contributed by atoms with E-state index in [-0.39, 0.29) is 12.5 Å². The molecule has 2 amide bonds. The van der Waals surface area contributed by atoms with Crippen LogP contribution in [0.3, 0.4) is 0 Å². The van der Waals surface area contributed by atoms with Crippen molar-refractivity contribution in [3.63, 3.8) is 0 Å². The number of hydrogen-bond donors (Lipinski definition) is 3. The molecule has 7 nitrogen and oxygen atoms in total. The second kappa shape index (κ2) is 8.54. The average Bonchev–Trinajstić information content (AvgIpc) is 3.05. The summed E-state index contributed by atoms with van der Waals surface area (Å²) in [6.45, 7) is 5.58. The summed E-state index contributed by atoms with van der Waals surface area (Å²) in [5, 5.41) is 14.9. The lowest BCUT2D eigenvalue weighted by molar-refractivity contribution is -0.152. The molecule has 0 unspecified atom stereocenters. The maximum atomic E-state index is 13.0. The molecule has 3 N–H and O–H groups in total. The van der Waals surface area contributed by atoms with Crippen molar-refractivity contribution >= 4 is 18.0 Å². The van der Waals surface area contributed by atoms with Crippen LogP contribution in [-0.2, 0) is 14.3 Å². The van der Waals surface area contributed by atoms with Crippen molar-refractivity contribution in [2.45, 2.75) is 57.5 Å². The van der Waals surface area contributed by atoms with E-state index in [0.717, 1.165) is 28.7 Å². The molecule has 174 valence electrons. The van der Waals surface area contributed by atoms with Gasteiger partial charge in [0, 0.05) is 5.92 Å². The standard InChI is InChI=1S/C26H30N2O5/c1-25(2,3)21(22(29)28-26(23(30)31)13-8-14-26)27-24(32)33-15-20-18-11-6-4-9-16(18)17-10-5-7-12-19(17)20/h4-7,9-12,20-21H,8,13-15H2,1-3H3,(H,27,32)(H,28,29)(H,30,31)/t21-/m1/s1. The Morgan fingerprint density at radius 2 is 1.58 bits per heavy atom. The SMILES string of the molecule is CC(C)(C)[C@H](NC(=O)OCC1c2ccccc2-c2ccccc21)C(=O)NC1(C(=O)O)CCC1. The number of benzene rings is 2. The molecule has 33 heavy (non-hydrogen) atoms. The second-order valence-corrected chi connectivity index (χ2v) is 10.00. The van der Waals surface area contributed by atoms with E-state index in [2.05, 4.69) is 22.8 Å². The lowest BCUT2D eigenvalue weighted by Crippen LogP contribution is -2.64. The normalized spacial score (nSPS) is 17.2. The van der Waals surface area contributed by atoms with Gasteiger partial charge in [0.1, 0.15) is 18.2 Å². The molecule has 0 spiro atoms. The van der Waals surface area contributed by atoms with E-state index in [9.17, 15) is 19.5 Å². The van der Waals surface area contributed by atoms with E-state index >= 15 is 0 Å². The number of ether oxygens (including phenoxy) is 1. The summed E-state index contributed by atoms with van der Waals surface area (Å²) in [7, 11) is 0. The number of nitrogens with one attached hydrogen (secondary N) is 2. The predicted octanol–water partition coefficient (Wildman–Crippen LogP) is 4.06. The van der Waals surface area contributed by atoms with Gasteiger partial charge in [-0.2, -0.15) is 0 Å². The number of aliphatic carboxylic acids is 1. The fourth-order valence-electron chi connectivity index (χ4n) is 4.66. The van der Waals surface area contributed by atoms with Gasteiger partial charge < -0.3 is 20.5 Å². The maximum absolute atomic E-state index is 13.0.